The average molecular weight is 530 g/mol. The van der Waals surface area contributed by atoms with E-state index in [9.17, 15) is 19.2 Å². The summed E-state index contributed by atoms with van der Waals surface area (Å²) >= 11 is 1.01. The number of esters is 1. The van der Waals surface area contributed by atoms with Crippen LogP contribution in [0.3, 0.4) is 0 Å². The van der Waals surface area contributed by atoms with Crippen LogP contribution in [-0.4, -0.2) is 54.1 Å². The number of rotatable bonds is 9. The molecule has 3 aromatic rings. The number of nitrogens with one attached hydrogen (secondary N) is 5. The molecule has 0 bridgehead atoms. The summed E-state index contributed by atoms with van der Waals surface area (Å²) in [6, 6.07) is 7.53. The van der Waals surface area contributed by atoms with Crippen molar-refractivity contribution in [1.82, 2.24) is 26.4 Å². The first-order valence-electron chi connectivity index (χ1n) is 11.5. The van der Waals surface area contributed by atoms with Gasteiger partial charge in [0.2, 0.25) is 0 Å². The number of fused-ring (bicyclic) bond motifs is 1. The molecule has 0 saturated carbocycles. The predicted octanol–water partition coefficient (Wildman–Crippen LogP) is 2.77. The van der Waals surface area contributed by atoms with Gasteiger partial charge in [-0.05, 0) is 57.0 Å². The van der Waals surface area contributed by atoms with E-state index in [4.69, 9.17) is 9.57 Å². The molecule has 0 aliphatic heterocycles. The summed E-state index contributed by atoms with van der Waals surface area (Å²) in [6.45, 7) is 7.05. The van der Waals surface area contributed by atoms with Crippen LogP contribution < -0.4 is 21.4 Å². The third-order valence-electron chi connectivity index (χ3n) is 5.18. The summed E-state index contributed by atoms with van der Waals surface area (Å²) in [6.07, 6.45) is 1.84. The van der Waals surface area contributed by atoms with Crippen LogP contribution in [0.4, 0.5) is 4.79 Å². The fourth-order valence-corrected chi connectivity index (χ4v) is 4.37. The molecule has 4 amide bonds. The largest absolute Gasteiger partial charge is 0.467 e. The van der Waals surface area contributed by atoms with Gasteiger partial charge in [0.25, 0.3) is 11.8 Å². The summed E-state index contributed by atoms with van der Waals surface area (Å²) < 4.78 is 4.75. The molecule has 0 spiro atoms. The predicted molar refractivity (Wildman–Crippen MR) is 139 cm³/mol. The van der Waals surface area contributed by atoms with Gasteiger partial charge in [-0.1, -0.05) is 12.1 Å². The molecule has 0 fully saturated rings. The first kappa shape index (κ1) is 27.7. The summed E-state index contributed by atoms with van der Waals surface area (Å²) in [5, 5.41) is 8.92. The van der Waals surface area contributed by atoms with Crippen molar-refractivity contribution in [2.24, 2.45) is 0 Å². The number of carbonyl (C=O) groups excluding carboxylic acids is 4. The monoisotopic (exact) mass is 529 g/mol. The Morgan fingerprint density at radius 3 is 2.54 bits per heavy atom. The van der Waals surface area contributed by atoms with Gasteiger partial charge < -0.3 is 25.7 Å². The Hall–Kier alpha value is -3.90. The maximum Gasteiger partial charge on any atom is 0.338 e. The minimum atomic E-state index is -1.15. The van der Waals surface area contributed by atoms with Gasteiger partial charge in [-0.25, -0.2) is 15.1 Å². The quantitative estimate of drug-likeness (QED) is 0.212. The summed E-state index contributed by atoms with van der Waals surface area (Å²) in [5.74, 6) is -1.62. The lowest BCUT2D eigenvalue weighted by Gasteiger charge is -2.20. The Morgan fingerprint density at radius 2 is 1.84 bits per heavy atom. The van der Waals surface area contributed by atoms with E-state index >= 15 is 0 Å². The molecule has 2 aromatic heterocycles. The van der Waals surface area contributed by atoms with Crippen molar-refractivity contribution >= 4 is 46.1 Å². The number of aromatic amines is 1. The molecule has 11 nitrogen and oxygen atoms in total. The topological polar surface area (TPSA) is 151 Å². The molecule has 0 radical (unpaired) electrons. The van der Waals surface area contributed by atoms with E-state index in [-0.39, 0.29) is 17.3 Å². The van der Waals surface area contributed by atoms with Crippen LogP contribution in [-0.2, 0) is 20.9 Å². The van der Waals surface area contributed by atoms with E-state index in [2.05, 4.69) is 26.4 Å². The van der Waals surface area contributed by atoms with Crippen LogP contribution >= 0.6 is 11.3 Å². The SMILES string of the molecule is COC(=O)C(CNC(=O)NOC(C)(C)C)NC(=O)c1sc(C(=O)NCc2cccc3[nH]ccc23)cc1C. The second-order valence-corrected chi connectivity index (χ2v) is 10.3. The Balaban J connectivity index is 1.61. The molecular formula is C25H31N5O6S. The standard InChI is InChI=1S/C25H31N5O6S/c1-14-11-19(21(31)27-12-15-7-6-8-17-16(15)9-10-26-17)37-20(14)22(32)29-18(23(33)35-5)13-28-24(34)30-36-25(2,3)4/h6-11,18,26H,12-13H2,1-5H3,(H,27,31)(H,29,32)(H2,28,30,34). The number of H-pyrrole nitrogens is 1. The Morgan fingerprint density at radius 1 is 1.08 bits per heavy atom. The van der Waals surface area contributed by atoms with E-state index in [0.29, 0.717) is 17.0 Å². The van der Waals surface area contributed by atoms with Crippen LogP contribution in [0.2, 0.25) is 0 Å². The zero-order valence-electron chi connectivity index (χ0n) is 21.3. The van der Waals surface area contributed by atoms with Gasteiger partial charge in [-0.2, -0.15) is 0 Å². The van der Waals surface area contributed by atoms with E-state index < -0.39 is 29.6 Å². The van der Waals surface area contributed by atoms with Crippen molar-refractivity contribution < 1.29 is 28.8 Å². The zero-order chi connectivity index (χ0) is 27.2. The summed E-state index contributed by atoms with van der Waals surface area (Å²) in [5.41, 5.74) is 4.13. The number of hydrogen-bond donors (Lipinski definition) is 5. The molecule has 5 N–H and O–H groups in total. The van der Waals surface area contributed by atoms with Crippen LogP contribution in [0, 0.1) is 6.92 Å². The molecule has 2 heterocycles. The Labute approximate surface area is 218 Å². The Bertz CT molecular complexity index is 1290. The average Bonchev–Trinajstić information content (AvgIpc) is 3.49. The zero-order valence-corrected chi connectivity index (χ0v) is 22.1. The van der Waals surface area contributed by atoms with E-state index in [1.165, 1.54) is 7.11 Å². The molecular weight excluding hydrogens is 498 g/mol. The molecule has 1 unspecified atom stereocenters. The lowest BCUT2D eigenvalue weighted by molar-refractivity contribution is -0.142. The van der Waals surface area contributed by atoms with Crippen molar-refractivity contribution in [3.05, 3.63) is 57.4 Å². The van der Waals surface area contributed by atoms with Crippen LogP contribution in [0.15, 0.2) is 36.5 Å². The van der Waals surface area contributed by atoms with E-state index in [1.54, 1.807) is 33.8 Å². The minimum Gasteiger partial charge on any atom is -0.467 e. The van der Waals surface area contributed by atoms with Crippen LogP contribution in [0.25, 0.3) is 10.9 Å². The third-order valence-corrected chi connectivity index (χ3v) is 6.41. The number of urea groups is 1. The molecule has 198 valence electrons. The fraction of sp³-hybridized carbons (Fsp3) is 0.360. The number of thiophene rings is 1. The Kier molecular flexibility index (Phi) is 8.90. The van der Waals surface area contributed by atoms with Crippen molar-refractivity contribution in [3.8, 4) is 0 Å². The van der Waals surface area contributed by atoms with Gasteiger partial charge in [-0.3, -0.25) is 14.4 Å². The molecule has 3 rings (SSSR count). The number of hydroxylamine groups is 1. The smallest absolute Gasteiger partial charge is 0.338 e. The van der Waals surface area contributed by atoms with Crippen molar-refractivity contribution in [2.75, 3.05) is 13.7 Å². The molecule has 0 aliphatic rings. The molecule has 1 aromatic carbocycles. The maximum absolute atomic E-state index is 12.9. The molecule has 0 aliphatic carbocycles. The van der Waals surface area contributed by atoms with Crippen LogP contribution in [0.5, 0.6) is 0 Å². The lowest BCUT2D eigenvalue weighted by atomic mass is 10.1. The number of methoxy groups -OCH3 is 1. The summed E-state index contributed by atoms with van der Waals surface area (Å²) in [4.78, 5) is 58.8. The number of benzene rings is 1. The molecule has 1 atom stereocenters. The fourth-order valence-electron chi connectivity index (χ4n) is 3.38. The number of amides is 4. The van der Waals surface area contributed by atoms with Crippen molar-refractivity contribution in [1.29, 1.82) is 0 Å². The second kappa shape index (κ2) is 11.9. The van der Waals surface area contributed by atoms with E-state index in [1.807, 2.05) is 30.5 Å². The number of carbonyl (C=O) groups is 4. The van der Waals surface area contributed by atoms with E-state index in [0.717, 1.165) is 27.8 Å². The number of hydrogen-bond acceptors (Lipinski definition) is 7. The van der Waals surface area contributed by atoms with Gasteiger partial charge >= 0.3 is 12.0 Å². The van der Waals surface area contributed by atoms with Crippen molar-refractivity contribution in [3.63, 3.8) is 0 Å². The van der Waals surface area contributed by atoms with Gasteiger partial charge in [0.05, 0.1) is 29.0 Å². The van der Waals surface area contributed by atoms with Crippen LogP contribution in [0.1, 0.15) is 51.2 Å². The highest BCUT2D eigenvalue weighted by Crippen LogP contribution is 2.23. The first-order valence-corrected chi connectivity index (χ1v) is 12.3. The number of ether oxygens (including phenoxy) is 1. The van der Waals surface area contributed by atoms with Gasteiger partial charge in [0, 0.05) is 23.6 Å². The lowest BCUT2D eigenvalue weighted by Crippen LogP contribution is -2.51. The summed E-state index contributed by atoms with van der Waals surface area (Å²) in [7, 11) is 1.18. The normalized spacial score (nSPS) is 12.0. The molecule has 12 heteroatoms. The van der Waals surface area contributed by atoms with Gasteiger partial charge in [-0.15, -0.1) is 11.3 Å². The van der Waals surface area contributed by atoms with Gasteiger partial charge in [0.15, 0.2) is 0 Å². The third kappa shape index (κ3) is 7.54. The maximum atomic E-state index is 12.9. The van der Waals surface area contributed by atoms with Crippen molar-refractivity contribution in [2.45, 2.75) is 45.9 Å². The molecule has 37 heavy (non-hydrogen) atoms. The minimum absolute atomic E-state index is 0.236. The highest BCUT2D eigenvalue weighted by Gasteiger charge is 2.26. The highest BCUT2D eigenvalue weighted by atomic mass is 32.1. The van der Waals surface area contributed by atoms with Gasteiger partial charge in [0.1, 0.15) is 6.04 Å². The first-order chi connectivity index (χ1) is 17.5. The molecule has 0 saturated heterocycles. The second-order valence-electron chi connectivity index (χ2n) is 9.24. The number of aryl methyl sites for hydroxylation is 1. The highest BCUT2D eigenvalue weighted by molar-refractivity contribution is 7.16. The number of aromatic nitrogens is 1.